The van der Waals surface area contributed by atoms with Gasteiger partial charge in [0.15, 0.2) is 0 Å². The van der Waals surface area contributed by atoms with Crippen molar-refractivity contribution >= 4 is 17.3 Å². The number of hydrogen-bond donors (Lipinski definition) is 2. The van der Waals surface area contributed by atoms with Gasteiger partial charge in [-0.15, -0.1) is 0 Å². The molecular weight excluding hydrogens is 333 g/mol. The first-order valence-electron chi connectivity index (χ1n) is 8.94. The van der Waals surface area contributed by atoms with Crippen molar-refractivity contribution < 1.29 is 13.9 Å². The fraction of sp³-hybridized carbons (Fsp3) is 0.350. The number of carbonyl (C=O) groups excluding carboxylic acids is 1. The van der Waals surface area contributed by atoms with Gasteiger partial charge in [0.2, 0.25) is 5.91 Å². The minimum Gasteiger partial charge on any atom is -0.486 e. The van der Waals surface area contributed by atoms with Crippen molar-refractivity contribution in [2.45, 2.75) is 25.5 Å². The lowest BCUT2D eigenvalue weighted by atomic mass is 10.1. The summed E-state index contributed by atoms with van der Waals surface area (Å²) < 4.78 is 20.0. The van der Waals surface area contributed by atoms with Gasteiger partial charge in [-0.2, -0.15) is 0 Å². The highest BCUT2D eigenvalue weighted by Crippen LogP contribution is 2.36. The van der Waals surface area contributed by atoms with Crippen LogP contribution >= 0.6 is 0 Å². The Morgan fingerprint density at radius 1 is 1.27 bits per heavy atom. The molecule has 0 saturated carbocycles. The van der Waals surface area contributed by atoms with E-state index in [2.05, 4.69) is 15.5 Å². The molecule has 2 heterocycles. The van der Waals surface area contributed by atoms with Gasteiger partial charge in [-0.1, -0.05) is 18.2 Å². The molecule has 0 radical (unpaired) electrons. The van der Waals surface area contributed by atoms with Crippen LogP contribution in [0.1, 0.15) is 25.0 Å². The Morgan fingerprint density at radius 2 is 2.12 bits per heavy atom. The fourth-order valence-corrected chi connectivity index (χ4v) is 3.68. The molecule has 2 N–H and O–H groups in total. The maximum absolute atomic E-state index is 14.0. The third-order valence-electron chi connectivity index (χ3n) is 4.98. The van der Waals surface area contributed by atoms with Crippen LogP contribution in [0.15, 0.2) is 42.5 Å². The van der Waals surface area contributed by atoms with Gasteiger partial charge in [-0.25, -0.2) is 4.39 Å². The number of hydrogen-bond acceptors (Lipinski definition) is 4. The molecule has 2 aliphatic heterocycles. The number of halogens is 1. The van der Waals surface area contributed by atoms with E-state index in [-0.39, 0.29) is 17.8 Å². The third-order valence-corrected chi connectivity index (χ3v) is 4.98. The van der Waals surface area contributed by atoms with Crippen LogP contribution in [-0.2, 0) is 4.79 Å². The Hall–Kier alpha value is -2.60. The van der Waals surface area contributed by atoms with E-state index >= 15 is 0 Å². The summed E-state index contributed by atoms with van der Waals surface area (Å²) in [6.07, 6.45) is 0.0530. The van der Waals surface area contributed by atoms with E-state index in [4.69, 9.17) is 4.74 Å². The van der Waals surface area contributed by atoms with Crippen LogP contribution in [-0.4, -0.2) is 31.6 Å². The lowest BCUT2D eigenvalue weighted by molar-refractivity contribution is -0.116. The standard InChI is InChI=1S/C20H22FN3O2/c1-13(16-4-2-3-5-17(16)21)26-15-6-7-18-19(11-15)24-9-8-22-12-14(24)10-20(25)23-18/h2-7,11,13-14,22H,8-10,12H2,1H3,(H,23,25)/t13-,14?/m1/s1. The molecular formula is C20H22FN3O2. The van der Waals surface area contributed by atoms with Gasteiger partial charge in [0.1, 0.15) is 17.7 Å². The van der Waals surface area contributed by atoms with E-state index in [1.807, 2.05) is 25.1 Å². The van der Waals surface area contributed by atoms with E-state index in [1.54, 1.807) is 18.2 Å². The minimum atomic E-state index is -0.409. The molecule has 6 heteroatoms. The molecule has 1 saturated heterocycles. The van der Waals surface area contributed by atoms with Gasteiger partial charge >= 0.3 is 0 Å². The number of amides is 1. The van der Waals surface area contributed by atoms with Gasteiger partial charge in [0, 0.05) is 37.7 Å². The van der Waals surface area contributed by atoms with Gasteiger partial charge in [0.25, 0.3) is 0 Å². The smallest absolute Gasteiger partial charge is 0.226 e. The van der Waals surface area contributed by atoms with Crippen LogP contribution < -0.4 is 20.3 Å². The second kappa shape index (κ2) is 6.96. The quantitative estimate of drug-likeness (QED) is 0.888. The molecule has 1 unspecified atom stereocenters. The number of nitrogens with one attached hydrogen (secondary N) is 2. The van der Waals surface area contributed by atoms with Crippen LogP contribution in [0.25, 0.3) is 0 Å². The lowest BCUT2D eigenvalue weighted by Gasteiger charge is -2.36. The predicted octanol–water partition coefficient (Wildman–Crippen LogP) is 3.09. The summed E-state index contributed by atoms with van der Waals surface area (Å²) in [7, 11) is 0. The Morgan fingerprint density at radius 3 is 2.96 bits per heavy atom. The molecule has 1 fully saturated rings. The number of fused-ring (bicyclic) bond motifs is 3. The highest BCUT2D eigenvalue weighted by atomic mass is 19.1. The largest absolute Gasteiger partial charge is 0.486 e. The van der Waals surface area contributed by atoms with Crippen molar-refractivity contribution in [2.24, 2.45) is 0 Å². The van der Waals surface area contributed by atoms with E-state index < -0.39 is 6.10 Å². The lowest BCUT2D eigenvalue weighted by Crippen LogP contribution is -2.51. The molecule has 2 atom stereocenters. The Balaban J connectivity index is 1.63. The SMILES string of the molecule is C[C@@H](Oc1ccc2c(c1)N1CCNCC1CC(=O)N2)c1ccccc1F. The number of carbonyl (C=O) groups is 1. The molecule has 0 aliphatic carbocycles. The van der Waals surface area contributed by atoms with Crippen molar-refractivity contribution in [3.8, 4) is 5.75 Å². The zero-order chi connectivity index (χ0) is 18.1. The summed E-state index contributed by atoms with van der Waals surface area (Å²) >= 11 is 0. The monoisotopic (exact) mass is 355 g/mol. The van der Waals surface area contributed by atoms with Crippen LogP contribution in [0.5, 0.6) is 5.75 Å². The van der Waals surface area contributed by atoms with E-state index in [0.717, 1.165) is 31.0 Å². The Kier molecular flexibility index (Phi) is 4.51. The zero-order valence-electron chi connectivity index (χ0n) is 14.7. The molecule has 26 heavy (non-hydrogen) atoms. The molecule has 0 spiro atoms. The summed E-state index contributed by atoms with van der Waals surface area (Å²) in [5, 5.41) is 6.32. The van der Waals surface area contributed by atoms with Crippen molar-refractivity contribution in [1.82, 2.24) is 5.32 Å². The van der Waals surface area contributed by atoms with Gasteiger partial charge in [0.05, 0.1) is 17.4 Å². The Bertz CT molecular complexity index is 826. The molecule has 5 nitrogen and oxygen atoms in total. The van der Waals surface area contributed by atoms with Crippen LogP contribution in [0, 0.1) is 5.82 Å². The molecule has 0 aromatic heterocycles. The first-order valence-corrected chi connectivity index (χ1v) is 8.94. The van der Waals surface area contributed by atoms with E-state index in [9.17, 15) is 9.18 Å². The van der Waals surface area contributed by atoms with Crippen LogP contribution in [0.2, 0.25) is 0 Å². The first kappa shape index (κ1) is 16.8. The van der Waals surface area contributed by atoms with Crippen LogP contribution in [0.4, 0.5) is 15.8 Å². The molecule has 1 amide bonds. The summed E-state index contributed by atoms with van der Waals surface area (Å²) in [4.78, 5) is 14.4. The average Bonchev–Trinajstić information content (AvgIpc) is 2.77. The number of rotatable bonds is 3. The van der Waals surface area contributed by atoms with Crippen molar-refractivity contribution in [3.63, 3.8) is 0 Å². The molecule has 0 bridgehead atoms. The summed E-state index contributed by atoms with van der Waals surface area (Å²) in [5.41, 5.74) is 2.28. The summed E-state index contributed by atoms with van der Waals surface area (Å²) in [5.74, 6) is 0.410. The third kappa shape index (κ3) is 3.24. The highest BCUT2D eigenvalue weighted by molar-refractivity contribution is 5.97. The van der Waals surface area contributed by atoms with Crippen molar-refractivity contribution in [2.75, 3.05) is 29.9 Å². The van der Waals surface area contributed by atoms with Gasteiger partial charge < -0.3 is 20.3 Å². The number of nitrogens with zero attached hydrogens (tertiary/aromatic N) is 1. The maximum atomic E-state index is 14.0. The predicted molar refractivity (Wildman–Crippen MR) is 99.1 cm³/mol. The highest BCUT2D eigenvalue weighted by Gasteiger charge is 2.30. The van der Waals surface area contributed by atoms with E-state index in [1.165, 1.54) is 6.07 Å². The van der Waals surface area contributed by atoms with E-state index in [0.29, 0.717) is 17.7 Å². The average molecular weight is 355 g/mol. The normalized spacial score (nSPS) is 20.5. The summed E-state index contributed by atoms with van der Waals surface area (Å²) in [6.45, 7) is 4.32. The molecule has 2 aromatic rings. The minimum absolute atomic E-state index is 0.0239. The first-order chi connectivity index (χ1) is 12.6. The van der Waals surface area contributed by atoms with Crippen LogP contribution in [0.3, 0.4) is 0 Å². The second-order valence-corrected chi connectivity index (χ2v) is 6.76. The number of anilines is 2. The van der Waals surface area contributed by atoms with Crippen molar-refractivity contribution in [3.05, 3.63) is 53.8 Å². The molecule has 4 rings (SSSR count). The maximum Gasteiger partial charge on any atom is 0.226 e. The molecule has 136 valence electrons. The molecule has 2 aromatic carbocycles. The van der Waals surface area contributed by atoms with Crippen molar-refractivity contribution in [1.29, 1.82) is 0 Å². The van der Waals surface area contributed by atoms with Gasteiger partial charge in [-0.3, -0.25) is 4.79 Å². The Labute approximate surface area is 152 Å². The summed E-state index contributed by atoms with van der Waals surface area (Å²) in [6, 6.07) is 12.4. The zero-order valence-corrected chi connectivity index (χ0v) is 14.7. The number of benzene rings is 2. The second-order valence-electron chi connectivity index (χ2n) is 6.76. The molecule has 2 aliphatic rings. The number of piperazine rings is 1. The topological polar surface area (TPSA) is 53.6 Å². The van der Waals surface area contributed by atoms with Gasteiger partial charge in [-0.05, 0) is 25.1 Å². The fourth-order valence-electron chi connectivity index (χ4n) is 3.68. The number of ether oxygens (including phenoxy) is 1.